The Morgan fingerprint density at radius 1 is 1.20 bits per heavy atom. The van der Waals surface area contributed by atoms with Crippen molar-refractivity contribution in [3.8, 4) is 5.75 Å². The quantitative estimate of drug-likeness (QED) is 0.838. The molecule has 3 rings (SSSR count). The van der Waals surface area contributed by atoms with Gasteiger partial charge in [-0.3, -0.25) is 4.79 Å². The molecular weight excluding hydrogens is 345 g/mol. The molecule has 1 atom stereocenters. The second kappa shape index (κ2) is 6.48. The second-order valence-corrected chi connectivity index (χ2v) is 8.09. The van der Waals surface area contributed by atoms with Gasteiger partial charge in [0.2, 0.25) is 0 Å². The number of amides is 1. The molecule has 1 aliphatic heterocycles. The number of rotatable bonds is 4. The van der Waals surface area contributed by atoms with Gasteiger partial charge in [-0.1, -0.05) is 25.1 Å². The predicted octanol–water partition coefficient (Wildman–Crippen LogP) is 2.93. The first kappa shape index (κ1) is 17.4. The molecule has 1 unspecified atom stereocenters. The fourth-order valence-electron chi connectivity index (χ4n) is 2.71. The van der Waals surface area contributed by atoms with Gasteiger partial charge in [0.15, 0.2) is 15.9 Å². The molecule has 1 aliphatic rings. The Labute approximate surface area is 145 Å². The highest BCUT2D eigenvalue weighted by molar-refractivity contribution is 7.91. The summed E-state index contributed by atoms with van der Waals surface area (Å²) >= 11 is 0. The lowest BCUT2D eigenvalue weighted by Crippen LogP contribution is -2.44. The Morgan fingerprint density at radius 3 is 2.60 bits per heavy atom. The Morgan fingerprint density at radius 2 is 1.92 bits per heavy atom. The largest absolute Gasteiger partial charge is 0.479 e. The number of carbonyl (C=O) groups excluding carboxylic acids is 1. The molecule has 0 saturated heterocycles. The van der Waals surface area contributed by atoms with Gasteiger partial charge in [-0.25, -0.2) is 12.8 Å². The van der Waals surface area contributed by atoms with Crippen LogP contribution in [0.15, 0.2) is 47.4 Å². The SMILES string of the molecule is CCS(=O)(=O)c1ccc2c(c1)N(Cc1ccccc1F)C(=O)C(C)O2. The lowest BCUT2D eigenvalue weighted by molar-refractivity contribution is -0.125. The molecule has 132 valence electrons. The van der Waals surface area contributed by atoms with Crippen LogP contribution in [0.1, 0.15) is 19.4 Å². The molecule has 0 aromatic heterocycles. The van der Waals surface area contributed by atoms with Crippen LogP contribution < -0.4 is 9.64 Å². The molecule has 0 radical (unpaired) electrons. The Bertz CT molecular complexity index is 926. The number of hydrogen-bond acceptors (Lipinski definition) is 4. The van der Waals surface area contributed by atoms with Gasteiger partial charge >= 0.3 is 0 Å². The van der Waals surface area contributed by atoms with E-state index < -0.39 is 21.8 Å². The zero-order valence-corrected chi connectivity index (χ0v) is 14.7. The number of benzene rings is 2. The summed E-state index contributed by atoms with van der Waals surface area (Å²) in [6.07, 6.45) is -0.729. The van der Waals surface area contributed by atoms with Crippen LogP contribution in [0.25, 0.3) is 0 Å². The number of ether oxygens (including phenoxy) is 1. The summed E-state index contributed by atoms with van der Waals surface area (Å²) in [5, 5.41) is 0. The van der Waals surface area contributed by atoms with Crippen LogP contribution >= 0.6 is 0 Å². The van der Waals surface area contributed by atoms with Gasteiger partial charge in [-0.15, -0.1) is 0 Å². The van der Waals surface area contributed by atoms with Crippen LogP contribution in [0.2, 0.25) is 0 Å². The fourth-order valence-corrected chi connectivity index (χ4v) is 3.61. The number of hydrogen-bond donors (Lipinski definition) is 0. The maximum Gasteiger partial charge on any atom is 0.268 e. The Balaban J connectivity index is 2.08. The van der Waals surface area contributed by atoms with Crippen molar-refractivity contribution >= 4 is 21.4 Å². The van der Waals surface area contributed by atoms with E-state index >= 15 is 0 Å². The predicted molar refractivity (Wildman–Crippen MR) is 91.8 cm³/mol. The van der Waals surface area contributed by atoms with E-state index in [0.717, 1.165) is 0 Å². The van der Waals surface area contributed by atoms with Crippen molar-refractivity contribution in [2.45, 2.75) is 31.4 Å². The Kier molecular flexibility index (Phi) is 4.51. The van der Waals surface area contributed by atoms with E-state index in [-0.39, 0.29) is 23.1 Å². The van der Waals surface area contributed by atoms with Gasteiger partial charge in [0.25, 0.3) is 5.91 Å². The van der Waals surface area contributed by atoms with Crippen LogP contribution in [0.4, 0.5) is 10.1 Å². The van der Waals surface area contributed by atoms with Crippen LogP contribution in [0, 0.1) is 5.82 Å². The van der Waals surface area contributed by atoms with Crippen LogP contribution in [-0.4, -0.2) is 26.2 Å². The molecule has 0 N–H and O–H groups in total. The zero-order chi connectivity index (χ0) is 18.2. The fraction of sp³-hybridized carbons (Fsp3) is 0.278. The minimum Gasteiger partial charge on any atom is -0.479 e. The zero-order valence-electron chi connectivity index (χ0n) is 13.9. The lowest BCUT2D eigenvalue weighted by atomic mass is 10.1. The van der Waals surface area contributed by atoms with Gasteiger partial charge in [-0.05, 0) is 31.2 Å². The molecule has 0 bridgehead atoms. The third-order valence-electron chi connectivity index (χ3n) is 4.16. The maximum absolute atomic E-state index is 14.0. The number of halogens is 1. The van der Waals surface area contributed by atoms with Crippen LogP contribution in [0.3, 0.4) is 0 Å². The first-order chi connectivity index (χ1) is 11.8. The monoisotopic (exact) mass is 363 g/mol. The second-order valence-electron chi connectivity index (χ2n) is 5.81. The molecule has 0 spiro atoms. The first-order valence-corrected chi connectivity index (χ1v) is 9.57. The molecule has 2 aromatic carbocycles. The van der Waals surface area contributed by atoms with Crippen molar-refractivity contribution in [3.63, 3.8) is 0 Å². The molecule has 0 fully saturated rings. The van der Waals surface area contributed by atoms with E-state index in [9.17, 15) is 17.6 Å². The van der Waals surface area contributed by atoms with Gasteiger partial charge in [0, 0.05) is 5.56 Å². The number of fused-ring (bicyclic) bond motifs is 1. The van der Waals surface area contributed by atoms with E-state index in [1.165, 1.54) is 29.2 Å². The molecule has 2 aromatic rings. The van der Waals surface area contributed by atoms with Gasteiger partial charge in [0.1, 0.15) is 11.6 Å². The maximum atomic E-state index is 14.0. The summed E-state index contributed by atoms with van der Waals surface area (Å²) in [7, 11) is -3.43. The van der Waals surface area contributed by atoms with E-state index in [0.29, 0.717) is 17.0 Å². The van der Waals surface area contributed by atoms with E-state index in [1.54, 1.807) is 32.0 Å². The van der Waals surface area contributed by atoms with Crippen molar-refractivity contribution in [2.24, 2.45) is 0 Å². The highest BCUT2D eigenvalue weighted by atomic mass is 32.2. The summed E-state index contributed by atoms with van der Waals surface area (Å²) in [5.74, 6) is -0.418. The smallest absolute Gasteiger partial charge is 0.268 e. The third kappa shape index (κ3) is 3.24. The molecule has 7 heteroatoms. The van der Waals surface area contributed by atoms with Gasteiger partial charge < -0.3 is 9.64 Å². The van der Waals surface area contributed by atoms with E-state index in [1.807, 2.05) is 0 Å². The number of carbonyl (C=O) groups is 1. The summed E-state index contributed by atoms with van der Waals surface area (Å²) in [6, 6.07) is 10.6. The van der Waals surface area contributed by atoms with Crippen molar-refractivity contribution in [1.29, 1.82) is 0 Å². The topological polar surface area (TPSA) is 63.7 Å². The number of sulfone groups is 1. The number of anilines is 1. The Hall–Kier alpha value is -2.41. The van der Waals surface area contributed by atoms with Crippen molar-refractivity contribution < 1.29 is 22.3 Å². The normalized spacial score (nSPS) is 17.2. The molecule has 25 heavy (non-hydrogen) atoms. The molecule has 1 amide bonds. The van der Waals surface area contributed by atoms with E-state index in [4.69, 9.17) is 4.74 Å². The summed E-state index contributed by atoms with van der Waals surface area (Å²) in [5.41, 5.74) is 0.681. The minimum absolute atomic E-state index is 0.00182. The molecule has 0 saturated carbocycles. The van der Waals surface area contributed by atoms with Crippen molar-refractivity contribution in [1.82, 2.24) is 0 Å². The van der Waals surface area contributed by atoms with Crippen LogP contribution in [-0.2, 0) is 21.2 Å². The average Bonchev–Trinajstić information content (AvgIpc) is 2.60. The molecule has 1 heterocycles. The summed E-state index contributed by atoms with van der Waals surface area (Å²) < 4.78 is 43.9. The summed E-state index contributed by atoms with van der Waals surface area (Å²) in [4.78, 5) is 14.0. The molecule has 0 aliphatic carbocycles. The minimum atomic E-state index is -3.43. The average molecular weight is 363 g/mol. The number of nitrogens with zero attached hydrogens (tertiary/aromatic N) is 1. The van der Waals surface area contributed by atoms with Crippen molar-refractivity contribution in [2.75, 3.05) is 10.7 Å². The highest BCUT2D eigenvalue weighted by Gasteiger charge is 2.33. The van der Waals surface area contributed by atoms with Gasteiger partial charge in [0.05, 0.1) is 22.9 Å². The first-order valence-electron chi connectivity index (χ1n) is 7.91. The lowest BCUT2D eigenvalue weighted by Gasteiger charge is -2.33. The van der Waals surface area contributed by atoms with Crippen molar-refractivity contribution in [3.05, 3.63) is 53.8 Å². The summed E-state index contributed by atoms with van der Waals surface area (Å²) in [6.45, 7) is 3.16. The molecule has 5 nitrogen and oxygen atoms in total. The third-order valence-corrected chi connectivity index (χ3v) is 5.90. The van der Waals surface area contributed by atoms with Gasteiger partial charge in [-0.2, -0.15) is 0 Å². The van der Waals surface area contributed by atoms with Crippen LogP contribution in [0.5, 0.6) is 5.75 Å². The molecular formula is C18H18FNO4S. The highest BCUT2D eigenvalue weighted by Crippen LogP contribution is 2.37. The van der Waals surface area contributed by atoms with E-state index in [2.05, 4.69) is 0 Å². The standard InChI is InChI=1S/C18H18FNO4S/c1-3-25(22,23)14-8-9-17-16(10-14)20(18(21)12(2)24-17)11-13-6-4-5-7-15(13)19/h4-10,12H,3,11H2,1-2H3.